The molecule has 1 fully saturated rings. The average Bonchev–Trinajstić information content (AvgIpc) is 2.94. The van der Waals surface area contributed by atoms with Crippen molar-refractivity contribution in [2.45, 2.75) is 37.5 Å². The van der Waals surface area contributed by atoms with Crippen LogP contribution in [0.5, 0.6) is 0 Å². The minimum absolute atomic E-state index is 0.256. The highest BCUT2D eigenvalue weighted by Crippen LogP contribution is 2.26. The van der Waals surface area contributed by atoms with Gasteiger partial charge in [0.25, 0.3) is 5.91 Å². The lowest BCUT2D eigenvalue weighted by Crippen LogP contribution is -2.32. The molecule has 0 aliphatic carbocycles. The number of nitrogens with zero attached hydrogens (tertiary/aromatic N) is 2. The number of amides is 1. The molecule has 0 saturated carbocycles. The van der Waals surface area contributed by atoms with Gasteiger partial charge in [0.1, 0.15) is 0 Å². The lowest BCUT2D eigenvalue weighted by Gasteiger charge is -2.21. The molecule has 0 radical (unpaired) electrons. The predicted molar refractivity (Wildman–Crippen MR) is 101 cm³/mol. The summed E-state index contributed by atoms with van der Waals surface area (Å²) in [5.74, 6) is -0.297. The van der Waals surface area contributed by atoms with E-state index in [2.05, 4.69) is 10.3 Å². The first kappa shape index (κ1) is 18.5. The van der Waals surface area contributed by atoms with Crippen molar-refractivity contribution >= 4 is 21.6 Å². The number of carbonyl (C=O) groups is 1. The van der Waals surface area contributed by atoms with Crippen LogP contribution in [0, 0.1) is 6.92 Å². The molecule has 1 N–H and O–H groups in total. The molecule has 1 amide bonds. The molecule has 1 saturated heterocycles. The van der Waals surface area contributed by atoms with Crippen molar-refractivity contribution in [3.63, 3.8) is 0 Å². The molecule has 138 valence electrons. The maximum absolute atomic E-state index is 13.1. The fourth-order valence-corrected chi connectivity index (χ4v) is 4.85. The van der Waals surface area contributed by atoms with E-state index in [0.717, 1.165) is 25.7 Å². The van der Waals surface area contributed by atoms with Gasteiger partial charge in [-0.3, -0.25) is 9.78 Å². The van der Waals surface area contributed by atoms with E-state index < -0.39 is 10.0 Å². The molecule has 0 atom stereocenters. The molecule has 0 spiro atoms. The average molecular weight is 373 g/mol. The second-order valence-electron chi connectivity index (χ2n) is 6.49. The normalized spacial score (nSPS) is 16.0. The molecular weight excluding hydrogens is 350 g/mol. The molecule has 26 heavy (non-hydrogen) atoms. The quantitative estimate of drug-likeness (QED) is 0.892. The number of carbonyl (C=O) groups excluding carboxylic acids is 1. The smallest absolute Gasteiger partial charge is 0.255 e. The van der Waals surface area contributed by atoms with Crippen LogP contribution in [-0.2, 0) is 10.0 Å². The van der Waals surface area contributed by atoms with Gasteiger partial charge in [-0.1, -0.05) is 18.9 Å². The zero-order valence-corrected chi connectivity index (χ0v) is 15.6. The Hall–Kier alpha value is -2.25. The van der Waals surface area contributed by atoms with E-state index in [-0.39, 0.29) is 10.8 Å². The summed E-state index contributed by atoms with van der Waals surface area (Å²) < 4.78 is 27.7. The zero-order valence-electron chi connectivity index (χ0n) is 14.8. The highest BCUT2D eigenvalue weighted by atomic mass is 32.2. The van der Waals surface area contributed by atoms with E-state index in [1.54, 1.807) is 54.0 Å². The first-order valence-electron chi connectivity index (χ1n) is 8.81. The molecule has 2 heterocycles. The SMILES string of the molecule is Cc1ccc(NC(=O)c2ccncc2)cc1S(=O)(=O)N1CCCCCC1. The molecule has 1 aromatic heterocycles. The Balaban J connectivity index is 1.86. The van der Waals surface area contributed by atoms with Crippen LogP contribution in [-0.4, -0.2) is 36.7 Å². The van der Waals surface area contributed by atoms with Crippen molar-refractivity contribution < 1.29 is 13.2 Å². The third kappa shape index (κ3) is 4.11. The molecule has 1 aromatic carbocycles. The maximum atomic E-state index is 13.1. The molecule has 7 heteroatoms. The van der Waals surface area contributed by atoms with Crippen LogP contribution in [0.3, 0.4) is 0 Å². The largest absolute Gasteiger partial charge is 0.322 e. The lowest BCUT2D eigenvalue weighted by molar-refractivity contribution is 0.102. The third-order valence-corrected chi connectivity index (χ3v) is 6.61. The number of aryl methyl sites for hydroxylation is 1. The predicted octanol–water partition coefficient (Wildman–Crippen LogP) is 3.21. The summed E-state index contributed by atoms with van der Waals surface area (Å²) >= 11 is 0. The summed E-state index contributed by atoms with van der Waals surface area (Å²) in [6, 6.07) is 8.22. The lowest BCUT2D eigenvalue weighted by atomic mass is 10.2. The number of pyridine rings is 1. The standard InChI is InChI=1S/C19H23N3O3S/c1-15-6-7-17(21-19(23)16-8-10-20-11-9-16)14-18(15)26(24,25)22-12-4-2-3-5-13-22/h6-11,14H,2-5,12-13H2,1H3,(H,21,23). The number of hydrogen-bond donors (Lipinski definition) is 1. The molecule has 6 nitrogen and oxygen atoms in total. The van der Waals surface area contributed by atoms with Gasteiger partial charge < -0.3 is 5.32 Å². The van der Waals surface area contributed by atoms with Gasteiger partial charge in [0.2, 0.25) is 10.0 Å². The highest BCUT2D eigenvalue weighted by molar-refractivity contribution is 7.89. The minimum atomic E-state index is -3.57. The molecule has 3 rings (SSSR count). The van der Waals surface area contributed by atoms with Crippen LogP contribution in [0.2, 0.25) is 0 Å². The number of benzene rings is 1. The summed E-state index contributed by atoms with van der Waals surface area (Å²) in [4.78, 5) is 16.5. The summed E-state index contributed by atoms with van der Waals surface area (Å²) in [5, 5.41) is 2.76. The van der Waals surface area contributed by atoms with Gasteiger partial charge in [-0.2, -0.15) is 4.31 Å². The van der Waals surface area contributed by atoms with E-state index in [1.165, 1.54) is 0 Å². The number of aromatic nitrogens is 1. The van der Waals surface area contributed by atoms with Gasteiger partial charge in [0.15, 0.2) is 0 Å². The van der Waals surface area contributed by atoms with Crippen LogP contribution in [0.15, 0.2) is 47.6 Å². The summed E-state index contributed by atoms with van der Waals surface area (Å²) in [5.41, 5.74) is 1.61. The fraction of sp³-hybridized carbons (Fsp3) is 0.368. The molecule has 0 unspecified atom stereocenters. The summed E-state index contributed by atoms with van der Waals surface area (Å²) in [7, 11) is -3.57. The number of nitrogens with one attached hydrogen (secondary N) is 1. The van der Waals surface area contributed by atoms with Crippen molar-refractivity contribution in [2.24, 2.45) is 0 Å². The maximum Gasteiger partial charge on any atom is 0.255 e. The summed E-state index contributed by atoms with van der Waals surface area (Å²) in [6.07, 6.45) is 6.98. The van der Waals surface area contributed by atoms with Gasteiger partial charge in [-0.15, -0.1) is 0 Å². The van der Waals surface area contributed by atoms with Crippen molar-refractivity contribution in [2.75, 3.05) is 18.4 Å². The summed E-state index contributed by atoms with van der Waals surface area (Å²) in [6.45, 7) is 2.88. The molecule has 1 aliphatic rings. The number of sulfonamides is 1. The van der Waals surface area contributed by atoms with E-state index in [9.17, 15) is 13.2 Å². The first-order chi connectivity index (χ1) is 12.5. The third-order valence-electron chi connectivity index (χ3n) is 4.57. The monoisotopic (exact) mass is 373 g/mol. The van der Waals surface area contributed by atoms with Crippen LogP contribution in [0.1, 0.15) is 41.6 Å². The van der Waals surface area contributed by atoms with Gasteiger partial charge in [-0.25, -0.2) is 8.42 Å². The Morgan fingerprint density at radius 1 is 1.04 bits per heavy atom. The van der Waals surface area contributed by atoms with Crippen LogP contribution < -0.4 is 5.32 Å². The zero-order chi connectivity index (χ0) is 18.6. The van der Waals surface area contributed by atoms with Gasteiger partial charge in [-0.05, 0) is 49.6 Å². The van der Waals surface area contributed by atoms with Crippen molar-refractivity contribution in [3.8, 4) is 0 Å². The van der Waals surface area contributed by atoms with Crippen LogP contribution in [0.4, 0.5) is 5.69 Å². The van der Waals surface area contributed by atoms with Crippen LogP contribution >= 0.6 is 0 Å². The van der Waals surface area contributed by atoms with Crippen LogP contribution in [0.25, 0.3) is 0 Å². The van der Waals surface area contributed by atoms with Gasteiger partial charge in [0.05, 0.1) is 4.90 Å². The minimum Gasteiger partial charge on any atom is -0.322 e. The molecular formula is C19H23N3O3S. The number of anilines is 1. The molecule has 0 bridgehead atoms. The Morgan fingerprint density at radius 3 is 2.35 bits per heavy atom. The Labute approximate surface area is 154 Å². The molecule has 1 aliphatic heterocycles. The van der Waals surface area contributed by atoms with E-state index >= 15 is 0 Å². The Bertz CT molecular complexity index is 874. The second kappa shape index (κ2) is 7.97. The van der Waals surface area contributed by atoms with Gasteiger partial charge in [0, 0.05) is 36.7 Å². The van der Waals surface area contributed by atoms with E-state index in [1.807, 2.05) is 0 Å². The van der Waals surface area contributed by atoms with Crippen molar-refractivity contribution in [1.29, 1.82) is 0 Å². The second-order valence-corrected chi connectivity index (χ2v) is 8.39. The van der Waals surface area contributed by atoms with Gasteiger partial charge >= 0.3 is 0 Å². The topological polar surface area (TPSA) is 79.4 Å². The van der Waals surface area contributed by atoms with E-state index in [4.69, 9.17) is 0 Å². The van der Waals surface area contributed by atoms with Crippen molar-refractivity contribution in [1.82, 2.24) is 9.29 Å². The highest BCUT2D eigenvalue weighted by Gasteiger charge is 2.27. The fourth-order valence-electron chi connectivity index (χ4n) is 3.08. The van der Waals surface area contributed by atoms with Crippen molar-refractivity contribution in [3.05, 3.63) is 53.9 Å². The number of rotatable bonds is 4. The Morgan fingerprint density at radius 2 is 1.69 bits per heavy atom. The molecule has 2 aromatic rings. The Kier molecular flexibility index (Phi) is 5.68. The van der Waals surface area contributed by atoms with E-state index in [0.29, 0.717) is 29.9 Å². The first-order valence-corrected chi connectivity index (χ1v) is 10.2. The number of hydrogen-bond acceptors (Lipinski definition) is 4.